The molecule has 0 radical (unpaired) electrons. The molecule has 0 aromatic heterocycles. The molecule has 104 valence electrons. The fraction of sp³-hybridized carbons (Fsp3) is 0.846. The Morgan fingerprint density at radius 2 is 0.933 bits per heavy atom. The summed E-state index contributed by atoms with van der Waals surface area (Å²) < 4.78 is 0. The zero-order valence-corrected chi connectivity index (χ0v) is 14.9. The summed E-state index contributed by atoms with van der Waals surface area (Å²) in [5.74, 6) is 1.69. The minimum absolute atomic E-state index is 0. The van der Waals surface area contributed by atoms with Crippen LogP contribution in [0.2, 0.25) is 0 Å². The Balaban J connectivity index is -0.0000000370. The average molecular weight is 577 g/mol. The summed E-state index contributed by atoms with van der Waals surface area (Å²) in [6.07, 6.45) is 6.90. The fourth-order valence-electron chi connectivity index (χ4n) is 0.943. The van der Waals surface area contributed by atoms with Crippen LogP contribution < -0.4 is 0 Å². The molecule has 0 aliphatic heterocycles. The van der Waals surface area contributed by atoms with E-state index in [0.29, 0.717) is 0 Å². The van der Waals surface area contributed by atoms with Gasteiger partial charge in [0.15, 0.2) is 0 Å². The standard InChI is InChI=1S/2C6H13.CH4.2Pt/c2*1-4-5-6(2)3;;;/h2*4,6H,5H2,1-3H3;1H4;;/q2*-1;;;. The third-order valence-corrected chi connectivity index (χ3v) is 1.41. The Labute approximate surface area is 128 Å². The quantitative estimate of drug-likeness (QED) is 0.407. The van der Waals surface area contributed by atoms with Crippen molar-refractivity contribution in [1.29, 1.82) is 0 Å². The average Bonchev–Trinajstić information content (AvgIpc) is 1.87. The van der Waals surface area contributed by atoms with Crippen molar-refractivity contribution in [2.24, 2.45) is 11.8 Å². The van der Waals surface area contributed by atoms with Gasteiger partial charge >= 0.3 is 0 Å². The van der Waals surface area contributed by atoms with Gasteiger partial charge in [0.2, 0.25) is 0 Å². The first-order chi connectivity index (χ1) is 5.54. The molecule has 0 bridgehead atoms. The summed E-state index contributed by atoms with van der Waals surface area (Å²) in [5.41, 5.74) is 0. The van der Waals surface area contributed by atoms with Crippen molar-refractivity contribution < 1.29 is 42.1 Å². The molecule has 0 rings (SSSR count). The molecular weight excluding hydrogens is 546 g/mol. The normalized spacial score (nSPS) is 8.00. The molecule has 15 heavy (non-hydrogen) atoms. The van der Waals surface area contributed by atoms with E-state index in [1.165, 1.54) is 12.8 Å². The molecule has 0 nitrogen and oxygen atoms in total. The van der Waals surface area contributed by atoms with Crippen LogP contribution in [0.25, 0.3) is 0 Å². The van der Waals surface area contributed by atoms with Crippen LogP contribution in [-0.2, 0) is 42.1 Å². The summed E-state index contributed by atoms with van der Waals surface area (Å²) in [4.78, 5) is 0. The minimum atomic E-state index is 0. The van der Waals surface area contributed by atoms with Crippen molar-refractivity contribution in [3.8, 4) is 0 Å². The van der Waals surface area contributed by atoms with Gasteiger partial charge < -0.3 is 12.8 Å². The Hall–Kier alpha value is 1.38. The molecule has 0 unspecified atom stereocenters. The number of rotatable bonds is 4. The van der Waals surface area contributed by atoms with Crippen LogP contribution in [0.3, 0.4) is 0 Å². The van der Waals surface area contributed by atoms with Crippen LogP contribution in [0, 0.1) is 24.7 Å². The van der Waals surface area contributed by atoms with Gasteiger partial charge in [-0.15, -0.1) is 0 Å². The van der Waals surface area contributed by atoms with Crippen LogP contribution in [0.15, 0.2) is 0 Å². The first-order valence-corrected chi connectivity index (χ1v) is 5.10. The smallest absolute Gasteiger partial charge is 0 e. The summed E-state index contributed by atoms with van der Waals surface area (Å²) in [5, 5.41) is 0. The maximum absolute atomic E-state index is 2.22. The topological polar surface area (TPSA) is 0 Å². The van der Waals surface area contributed by atoms with Crippen LogP contribution in [0.4, 0.5) is 0 Å². The molecule has 0 fully saturated rings. The monoisotopic (exact) mass is 576 g/mol. The Bertz CT molecular complexity index is 60.9. The van der Waals surface area contributed by atoms with Gasteiger partial charge in [0.05, 0.1) is 0 Å². The van der Waals surface area contributed by atoms with E-state index in [1.54, 1.807) is 0 Å². The first-order valence-electron chi connectivity index (χ1n) is 5.10. The molecule has 0 aliphatic carbocycles. The minimum Gasteiger partial charge on any atom is -0.331 e. The molecule has 0 N–H and O–H groups in total. The predicted molar refractivity (Wildman–Crippen MR) is 65.6 cm³/mol. The number of hydrogen-bond donors (Lipinski definition) is 0. The van der Waals surface area contributed by atoms with E-state index in [4.69, 9.17) is 0 Å². The second kappa shape index (κ2) is 24.6. The van der Waals surface area contributed by atoms with Gasteiger partial charge in [-0.2, -0.15) is 26.7 Å². The van der Waals surface area contributed by atoms with E-state index in [0.717, 1.165) is 11.8 Å². The van der Waals surface area contributed by atoms with Crippen LogP contribution in [0.1, 0.15) is 61.8 Å². The van der Waals surface area contributed by atoms with Gasteiger partial charge in [0.1, 0.15) is 0 Å². The molecule has 0 aromatic carbocycles. The summed E-state index contributed by atoms with van der Waals surface area (Å²) in [7, 11) is 0. The third-order valence-electron chi connectivity index (χ3n) is 1.41. The maximum atomic E-state index is 2.22. The van der Waals surface area contributed by atoms with E-state index in [9.17, 15) is 0 Å². The van der Waals surface area contributed by atoms with E-state index < -0.39 is 0 Å². The largest absolute Gasteiger partial charge is 0.331 e. The Kier molecular flexibility index (Phi) is 49.0. The molecule has 0 saturated carbocycles. The number of hydrogen-bond acceptors (Lipinski definition) is 0. The van der Waals surface area contributed by atoms with Crippen LogP contribution >= 0.6 is 0 Å². The van der Waals surface area contributed by atoms with Gasteiger partial charge in [-0.25, -0.2) is 0 Å². The van der Waals surface area contributed by atoms with Gasteiger partial charge in [-0.05, 0) is 0 Å². The van der Waals surface area contributed by atoms with E-state index in [2.05, 4.69) is 54.4 Å². The first kappa shape index (κ1) is 29.9. The van der Waals surface area contributed by atoms with Crippen molar-refractivity contribution in [3.63, 3.8) is 0 Å². The molecule has 0 amide bonds. The molecule has 0 heterocycles. The van der Waals surface area contributed by atoms with Crippen LogP contribution in [-0.4, -0.2) is 0 Å². The second-order valence-electron chi connectivity index (χ2n) is 4.08. The van der Waals surface area contributed by atoms with Crippen molar-refractivity contribution in [3.05, 3.63) is 12.8 Å². The SMILES string of the molecule is C.C[CH-]CC(C)C.C[CH-]CC(C)C.[Pt].[Pt]. The molecule has 2 heteroatoms. The molecule has 0 atom stereocenters. The molecule has 0 aromatic rings. The van der Waals surface area contributed by atoms with E-state index in [1.807, 2.05) is 0 Å². The predicted octanol–water partition coefficient (Wildman–Crippen LogP) is 5.14. The summed E-state index contributed by atoms with van der Waals surface area (Å²) in [6, 6.07) is 0. The van der Waals surface area contributed by atoms with Gasteiger partial charge in [0, 0.05) is 42.1 Å². The molecule has 0 saturated heterocycles. The summed E-state index contributed by atoms with van der Waals surface area (Å²) >= 11 is 0. The Morgan fingerprint density at radius 3 is 0.933 bits per heavy atom. The van der Waals surface area contributed by atoms with Crippen molar-refractivity contribution in [1.82, 2.24) is 0 Å². The third kappa shape index (κ3) is 50.6. The van der Waals surface area contributed by atoms with Gasteiger partial charge in [0.25, 0.3) is 0 Å². The Morgan fingerprint density at radius 1 is 0.733 bits per heavy atom. The van der Waals surface area contributed by atoms with Gasteiger partial charge in [-0.3, -0.25) is 0 Å². The zero-order valence-electron chi connectivity index (χ0n) is 10.4. The van der Waals surface area contributed by atoms with Crippen molar-refractivity contribution >= 4 is 0 Å². The van der Waals surface area contributed by atoms with Crippen LogP contribution in [0.5, 0.6) is 0 Å². The molecule has 0 spiro atoms. The van der Waals surface area contributed by atoms with Crippen molar-refractivity contribution in [2.75, 3.05) is 0 Å². The summed E-state index contributed by atoms with van der Waals surface area (Å²) in [6.45, 7) is 13.1. The molecule has 0 aliphatic rings. The second-order valence-corrected chi connectivity index (χ2v) is 4.08. The fourth-order valence-corrected chi connectivity index (χ4v) is 0.943. The molecular formula is C13H30Pt2-2. The zero-order chi connectivity index (χ0) is 9.98. The van der Waals surface area contributed by atoms with E-state index >= 15 is 0 Å². The van der Waals surface area contributed by atoms with E-state index in [-0.39, 0.29) is 49.6 Å². The maximum Gasteiger partial charge on any atom is 0 e. The van der Waals surface area contributed by atoms with Crippen molar-refractivity contribution in [2.45, 2.75) is 61.8 Å². The van der Waals surface area contributed by atoms with Gasteiger partial charge in [-0.1, -0.05) is 47.0 Å².